The molecule has 0 bridgehead atoms. The van der Waals surface area contributed by atoms with Gasteiger partial charge in [0.05, 0.1) is 6.10 Å². The number of amides is 1. The quantitative estimate of drug-likeness (QED) is 0.821. The van der Waals surface area contributed by atoms with Crippen LogP contribution in [0.4, 0.5) is 0 Å². The topological polar surface area (TPSA) is 68.0 Å². The lowest BCUT2D eigenvalue weighted by molar-refractivity contribution is -0.0209. The fourth-order valence-corrected chi connectivity index (χ4v) is 4.59. The summed E-state index contributed by atoms with van der Waals surface area (Å²) >= 11 is 0. The van der Waals surface area contributed by atoms with Crippen LogP contribution in [-0.4, -0.2) is 75.3 Å². The second-order valence-electron chi connectivity index (χ2n) is 8.12. The lowest BCUT2D eigenvalue weighted by Crippen LogP contribution is -2.47. The number of nitrogens with two attached hydrogens (primary N) is 1. The average Bonchev–Trinajstić information content (AvgIpc) is 3.08. The summed E-state index contributed by atoms with van der Waals surface area (Å²) in [6.45, 7) is 4.54. The Kier molecular flexibility index (Phi) is 6.40. The Morgan fingerprint density at radius 2 is 1.96 bits per heavy atom. The number of hydrogen-bond acceptors (Lipinski definition) is 5. The first-order valence-electron chi connectivity index (χ1n) is 9.86. The number of likely N-dealkylation sites (N-methyl/N-ethyl adjacent to an activating group) is 1. The summed E-state index contributed by atoms with van der Waals surface area (Å²) in [4.78, 5) is 17.4. The van der Waals surface area contributed by atoms with E-state index in [0.717, 1.165) is 37.2 Å². The molecule has 0 radical (unpaired) electrons. The molecule has 2 fully saturated rings. The molecule has 2 N–H and O–H groups in total. The van der Waals surface area contributed by atoms with Crippen LogP contribution in [0.15, 0.2) is 18.2 Å². The zero-order valence-electron chi connectivity index (χ0n) is 17.0. The second-order valence-corrected chi connectivity index (χ2v) is 8.12. The zero-order chi connectivity index (χ0) is 19.6. The maximum Gasteiger partial charge on any atom is 0.254 e. The molecule has 0 spiro atoms. The van der Waals surface area contributed by atoms with Crippen molar-refractivity contribution in [2.45, 2.75) is 31.9 Å². The summed E-state index contributed by atoms with van der Waals surface area (Å²) in [5, 5.41) is 0. The van der Waals surface area contributed by atoms with E-state index in [1.165, 1.54) is 0 Å². The third kappa shape index (κ3) is 4.28. The molecule has 3 rings (SSSR count). The highest BCUT2D eigenvalue weighted by Crippen LogP contribution is 2.39. The SMILES string of the molecule is CO[C@@H]1C[C@H]2CN(C(=O)c3ccc(C)c(OCCN)c3)C[C@H]2C[C@H]1N(C)C. The number of aryl methyl sites for hydroxylation is 1. The molecule has 150 valence electrons. The Labute approximate surface area is 162 Å². The molecule has 1 heterocycles. The van der Waals surface area contributed by atoms with E-state index in [4.69, 9.17) is 15.2 Å². The van der Waals surface area contributed by atoms with Crippen molar-refractivity contribution < 1.29 is 14.3 Å². The van der Waals surface area contributed by atoms with Crippen molar-refractivity contribution in [2.75, 3.05) is 47.4 Å². The first-order chi connectivity index (χ1) is 12.9. The number of nitrogens with zero attached hydrogens (tertiary/aromatic N) is 2. The number of carbonyl (C=O) groups excluding carboxylic acids is 1. The molecule has 1 aliphatic heterocycles. The van der Waals surface area contributed by atoms with E-state index in [2.05, 4.69) is 19.0 Å². The molecule has 27 heavy (non-hydrogen) atoms. The third-order valence-electron chi connectivity index (χ3n) is 6.15. The number of carbonyl (C=O) groups is 1. The van der Waals surface area contributed by atoms with Gasteiger partial charge in [-0.1, -0.05) is 6.07 Å². The van der Waals surface area contributed by atoms with Crippen LogP contribution in [0.1, 0.15) is 28.8 Å². The Morgan fingerprint density at radius 1 is 1.26 bits per heavy atom. The first-order valence-corrected chi connectivity index (χ1v) is 9.86. The monoisotopic (exact) mass is 375 g/mol. The molecule has 1 aromatic rings. The molecular weight excluding hydrogens is 342 g/mol. The van der Waals surface area contributed by atoms with E-state index >= 15 is 0 Å². The largest absolute Gasteiger partial charge is 0.492 e. The number of methoxy groups -OCH3 is 1. The number of ether oxygens (including phenoxy) is 2. The van der Waals surface area contributed by atoms with Crippen LogP contribution in [0.25, 0.3) is 0 Å². The van der Waals surface area contributed by atoms with E-state index in [0.29, 0.717) is 36.6 Å². The average molecular weight is 376 g/mol. The summed E-state index contributed by atoms with van der Waals surface area (Å²) < 4.78 is 11.4. The van der Waals surface area contributed by atoms with Gasteiger partial charge in [-0.25, -0.2) is 0 Å². The molecule has 0 unspecified atom stereocenters. The summed E-state index contributed by atoms with van der Waals surface area (Å²) in [6, 6.07) is 6.12. The normalized spacial score (nSPS) is 27.7. The van der Waals surface area contributed by atoms with Crippen LogP contribution in [0.3, 0.4) is 0 Å². The Morgan fingerprint density at radius 3 is 2.59 bits per heavy atom. The summed E-state index contributed by atoms with van der Waals surface area (Å²) in [6.07, 6.45) is 2.34. The Hall–Kier alpha value is -1.63. The molecule has 1 aliphatic carbocycles. The van der Waals surface area contributed by atoms with Crippen LogP contribution in [-0.2, 0) is 4.74 Å². The fourth-order valence-electron chi connectivity index (χ4n) is 4.59. The lowest BCUT2D eigenvalue weighted by Gasteiger charge is -2.40. The van der Waals surface area contributed by atoms with Crippen LogP contribution in [0, 0.1) is 18.8 Å². The molecule has 1 saturated heterocycles. The van der Waals surface area contributed by atoms with E-state index in [1.54, 1.807) is 7.11 Å². The summed E-state index contributed by atoms with van der Waals surface area (Å²) in [7, 11) is 6.03. The highest BCUT2D eigenvalue weighted by Gasteiger charge is 2.44. The molecular formula is C21H33N3O3. The van der Waals surface area contributed by atoms with E-state index in [9.17, 15) is 4.79 Å². The second kappa shape index (κ2) is 8.59. The van der Waals surface area contributed by atoms with Crippen molar-refractivity contribution in [1.82, 2.24) is 9.80 Å². The van der Waals surface area contributed by atoms with Crippen molar-refractivity contribution in [3.05, 3.63) is 29.3 Å². The molecule has 1 saturated carbocycles. The van der Waals surface area contributed by atoms with Crippen molar-refractivity contribution in [2.24, 2.45) is 17.6 Å². The minimum atomic E-state index is 0.0948. The van der Waals surface area contributed by atoms with Gasteiger partial charge in [0.15, 0.2) is 0 Å². The molecule has 4 atom stereocenters. The van der Waals surface area contributed by atoms with E-state index in [1.807, 2.05) is 30.0 Å². The maximum atomic E-state index is 13.1. The standard InChI is InChI=1S/C21H33N3O3/c1-14-5-6-15(10-19(14)27-8-7-22)21(25)24-12-16-9-18(23(2)3)20(26-4)11-17(16)13-24/h5-6,10,16-18,20H,7-9,11-13,22H2,1-4H3/t16-,17+,18-,20-/m1/s1. The van der Waals surface area contributed by atoms with Crippen LogP contribution in [0.5, 0.6) is 5.75 Å². The van der Waals surface area contributed by atoms with Crippen molar-refractivity contribution in [3.8, 4) is 5.75 Å². The highest BCUT2D eigenvalue weighted by molar-refractivity contribution is 5.95. The van der Waals surface area contributed by atoms with Gasteiger partial charge in [-0.3, -0.25) is 4.79 Å². The molecule has 1 amide bonds. The number of rotatable bonds is 6. The van der Waals surface area contributed by atoms with Gasteiger partial charge in [-0.2, -0.15) is 0 Å². The van der Waals surface area contributed by atoms with Gasteiger partial charge in [0.1, 0.15) is 12.4 Å². The van der Waals surface area contributed by atoms with Crippen molar-refractivity contribution in [1.29, 1.82) is 0 Å². The first kappa shape index (κ1) is 20.1. The molecule has 6 heteroatoms. The molecule has 1 aromatic carbocycles. The van der Waals surface area contributed by atoms with Gasteiger partial charge in [0.25, 0.3) is 5.91 Å². The highest BCUT2D eigenvalue weighted by atomic mass is 16.5. The van der Waals surface area contributed by atoms with Crippen LogP contribution < -0.4 is 10.5 Å². The Balaban J connectivity index is 1.71. The van der Waals surface area contributed by atoms with Gasteiger partial charge in [-0.05, 0) is 63.4 Å². The fraction of sp³-hybridized carbons (Fsp3) is 0.667. The zero-order valence-corrected chi connectivity index (χ0v) is 17.0. The van der Waals surface area contributed by atoms with Gasteiger partial charge in [0.2, 0.25) is 0 Å². The van der Waals surface area contributed by atoms with Crippen LogP contribution in [0.2, 0.25) is 0 Å². The predicted octanol–water partition coefficient (Wildman–Crippen LogP) is 1.76. The van der Waals surface area contributed by atoms with Gasteiger partial charge in [0, 0.05) is 38.3 Å². The number of benzene rings is 1. The number of likely N-dealkylation sites (tertiary alicyclic amines) is 1. The maximum absolute atomic E-state index is 13.1. The smallest absolute Gasteiger partial charge is 0.254 e. The minimum absolute atomic E-state index is 0.0948. The lowest BCUT2D eigenvalue weighted by atomic mass is 9.77. The predicted molar refractivity (Wildman–Crippen MR) is 106 cm³/mol. The molecule has 2 aliphatic rings. The van der Waals surface area contributed by atoms with E-state index < -0.39 is 0 Å². The number of hydrogen-bond donors (Lipinski definition) is 1. The van der Waals surface area contributed by atoms with E-state index in [-0.39, 0.29) is 12.0 Å². The van der Waals surface area contributed by atoms with Gasteiger partial charge < -0.3 is 25.0 Å². The Bertz CT molecular complexity index is 664. The molecule has 0 aromatic heterocycles. The van der Waals surface area contributed by atoms with Crippen molar-refractivity contribution >= 4 is 5.91 Å². The van der Waals surface area contributed by atoms with Gasteiger partial charge in [-0.15, -0.1) is 0 Å². The van der Waals surface area contributed by atoms with Crippen molar-refractivity contribution in [3.63, 3.8) is 0 Å². The summed E-state index contributed by atoms with van der Waals surface area (Å²) in [5.41, 5.74) is 7.25. The molecule has 6 nitrogen and oxygen atoms in total. The van der Waals surface area contributed by atoms with Crippen LogP contribution >= 0.6 is 0 Å². The third-order valence-corrected chi connectivity index (χ3v) is 6.15. The number of fused-ring (bicyclic) bond motifs is 1. The van der Waals surface area contributed by atoms with Gasteiger partial charge >= 0.3 is 0 Å². The minimum Gasteiger partial charge on any atom is -0.492 e. The summed E-state index contributed by atoms with van der Waals surface area (Å²) in [5.74, 6) is 1.91.